The molecule has 0 fully saturated rings. The minimum Gasteiger partial charge on any atom is -0.254 e. The quantitative estimate of drug-likeness (QED) is 0.235. The van der Waals surface area contributed by atoms with E-state index in [0.29, 0.717) is 0 Å². The number of rotatable bonds is 4. The van der Waals surface area contributed by atoms with Crippen molar-refractivity contribution in [3.05, 3.63) is 134 Å². The number of hydrogen-bond acceptors (Lipinski definition) is 4. The maximum Gasteiger partial charge on any atom is 0.0972 e. The number of aromatic nitrogens is 4. The second-order valence-electron chi connectivity index (χ2n) is 9.22. The molecule has 38 heavy (non-hydrogen) atoms. The van der Waals surface area contributed by atoms with Crippen LogP contribution in [-0.4, -0.2) is 19.9 Å². The average Bonchev–Trinajstić information content (AvgIpc) is 3.01. The predicted molar refractivity (Wildman–Crippen MR) is 154 cm³/mol. The minimum atomic E-state index is 0.857. The minimum absolute atomic E-state index is 0.857. The highest BCUT2D eigenvalue weighted by Crippen LogP contribution is 2.29. The molecule has 0 saturated carbocycles. The number of pyridine rings is 2. The molecule has 0 amide bonds. The first-order valence-corrected chi connectivity index (χ1v) is 12.6. The van der Waals surface area contributed by atoms with Crippen LogP contribution in [0.4, 0.5) is 0 Å². The number of benzene rings is 4. The first kappa shape index (κ1) is 22.0. The highest BCUT2D eigenvalue weighted by Gasteiger charge is 2.08. The van der Waals surface area contributed by atoms with Gasteiger partial charge >= 0.3 is 0 Å². The molecule has 0 aliphatic rings. The van der Waals surface area contributed by atoms with Crippen molar-refractivity contribution in [2.24, 2.45) is 0 Å². The second-order valence-corrected chi connectivity index (χ2v) is 9.22. The van der Waals surface area contributed by atoms with E-state index in [9.17, 15) is 0 Å². The van der Waals surface area contributed by atoms with E-state index in [-0.39, 0.29) is 0 Å². The van der Waals surface area contributed by atoms with E-state index in [1.807, 2.05) is 55.0 Å². The van der Waals surface area contributed by atoms with E-state index in [1.54, 1.807) is 0 Å². The van der Waals surface area contributed by atoms with Crippen molar-refractivity contribution in [1.29, 1.82) is 0 Å². The van der Waals surface area contributed by atoms with Crippen LogP contribution in [0.5, 0.6) is 0 Å². The van der Waals surface area contributed by atoms with Gasteiger partial charge in [0.15, 0.2) is 0 Å². The zero-order chi connectivity index (χ0) is 25.3. The first-order chi connectivity index (χ1) is 18.8. The van der Waals surface area contributed by atoms with E-state index < -0.39 is 0 Å². The zero-order valence-electron chi connectivity index (χ0n) is 20.5. The lowest BCUT2D eigenvalue weighted by Gasteiger charge is -2.08. The van der Waals surface area contributed by atoms with Gasteiger partial charge in [-0.3, -0.25) is 15.0 Å². The van der Waals surface area contributed by atoms with Gasteiger partial charge < -0.3 is 0 Å². The fourth-order valence-corrected chi connectivity index (χ4v) is 4.79. The number of nitrogens with zero attached hydrogens (tertiary/aromatic N) is 4. The van der Waals surface area contributed by atoms with Crippen LogP contribution in [0.1, 0.15) is 0 Å². The monoisotopic (exact) mass is 486 g/mol. The summed E-state index contributed by atoms with van der Waals surface area (Å²) in [6, 6.07) is 39.5. The molecule has 7 aromatic rings. The molecule has 0 unspecified atom stereocenters. The van der Waals surface area contributed by atoms with Crippen LogP contribution in [-0.2, 0) is 0 Å². The molecule has 0 bridgehead atoms. The third-order valence-corrected chi connectivity index (χ3v) is 6.85. The molecule has 0 atom stereocenters. The van der Waals surface area contributed by atoms with Gasteiger partial charge in [-0.1, -0.05) is 103 Å². The standard InChI is InChI=1S/C34H22N4/c1-2-5-25(6-3-1)31-21-37-32(22-36-31)27-14-10-24(11-15-27)23-8-12-26(13-9-23)30-19-18-29-17-16-28-7-4-20-35-33(28)34(29)38-30/h1-22H. The van der Waals surface area contributed by atoms with Crippen LogP contribution < -0.4 is 0 Å². The lowest BCUT2D eigenvalue weighted by atomic mass is 10.0. The summed E-state index contributed by atoms with van der Waals surface area (Å²) in [5, 5.41) is 2.19. The van der Waals surface area contributed by atoms with Gasteiger partial charge in [0.2, 0.25) is 0 Å². The Kier molecular flexibility index (Phi) is 5.41. The van der Waals surface area contributed by atoms with Crippen molar-refractivity contribution in [3.63, 3.8) is 0 Å². The molecule has 7 rings (SSSR count). The van der Waals surface area contributed by atoms with Crippen LogP contribution in [0.15, 0.2) is 134 Å². The summed E-state index contributed by atoms with van der Waals surface area (Å²) >= 11 is 0. The van der Waals surface area contributed by atoms with Crippen molar-refractivity contribution in [3.8, 4) is 44.9 Å². The molecule has 0 saturated heterocycles. The van der Waals surface area contributed by atoms with Gasteiger partial charge in [0.1, 0.15) is 0 Å². The summed E-state index contributed by atoms with van der Waals surface area (Å²) in [6.07, 6.45) is 5.49. The number of hydrogen-bond donors (Lipinski definition) is 0. The Bertz CT molecular complexity index is 1880. The molecule has 4 nitrogen and oxygen atoms in total. The Morgan fingerprint density at radius 1 is 0.342 bits per heavy atom. The van der Waals surface area contributed by atoms with Gasteiger partial charge in [-0.25, -0.2) is 4.98 Å². The van der Waals surface area contributed by atoms with Crippen LogP contribution >= 0.6 is 0 Å². The van der Waals surface area contributed by atoms with Gasteiger partial charge in [0.25, 0.3) is 0 Å². The van der Waals surface area contributed by atoms with E-state index in [4.69, 9.17) is 4.98 Å². The van der Waals surface area contributed by atoms with Crippen LogP contribution in [0.3, 0.4) is 0 Å². The Labute approximate surface area is 220 Å². The van der Waals surface area contributed by atoms with Crippen molar-refractivity contribution < 1.29 is 0 Å². The Morgan fingerprint density at radius 3 is 1.50 bits per heavy atom. The predicted octanol–water partition coefficient (Wildman–Crippen LogP) is 8.24. The van der Waals surface area contributed by atoms with E-state index >= 15 is 0 Å². The highest BCUT2D eigenvalue weighted by molar-refractivity contribution is 6.03. The van der Waals surface area contributed by atoms with Crippen molar-refractivity contribution in [2.75, 3.05) is 0 Å². The Morgan fingerprint density at radius 2 is 0.868 bits per heavy atom. The molecule has 3 heterocycles. The normalized spacial score (nSPS) is 11.2. The highest BCUT2D eigenvalue weighted by atomic mass is 14.8. The first-order valence-electron chi connectivity index (χ1n) is 12.6. The third-order valence-electron chi connectivity index (χ3n) is 6.85. The largest absolute Gasteiger partial charge is 0.254 e. The van der Waals surface area contributed by atoms with Gasteiger partial charge in [-0.15, -0.1) is 0 Å². The van der Waals surface area contributed by atoms with Crippen molar-refractivity contribution in [2.45, 2.75) is 0 Å². The summed E-state index contributed by atoms with van der Waals surface area (Å²) in [7, 11) is 0. The molecule has 4 heteroatoms. The molecule has 0 radical (unpaired) electrons. The third kappa shape index (κ3) is 4.08. The van der Waals surface area contributed by atoms with Crippen LogP contribution in [0.2, 0.25) is 0 Å². The van der Waals surface area contributed by atoms with Gasteiger partial charge in [-0.2, -0.15) is 0 Å². The average molecular weight is 487 g/mol. The molecule has 3 aromatic heterocycles. The van der Waals surface area contributed by atoms with E-state index in [0.717, 1.165) is 66.7 Å². The lowest BCUT2D eigenvalue weighted by molar-refractivity contribution is 1.21. The molecular weight excluding hydrogens is 464 g/mol. The van der Waals surface area contributed by atoms with Crippen molar-refractivity contribution >= 4 is 21.8 Å². The molecule has 0 aliphatic carbocycles. The number of fused-ring (bicyclic) bond motifs is 3. The molecule has 0 N–H and O–H groups in total. The SMILES string of the molecule is c1ccc(-c2cnc(-c3ccc(-c4ccc(-c5ccc6ccc7cccnc7c6n5)cc4)cc3)cn2)cc1. The Balaban J connectivity index is 1.14. The van der Waals surface area contributed by atoms with Crippen molar-refractivity contribution in [1.82, 2.24) is 19.9 Å². The molecule has 0 aliphatic heterocycles. The molecule has 4 aromatic carbocycles. The summed E-state index contributed by atoms with van der Waals surface area (Å²) < 4.78 is 0. The van der Waals surface area contributed by atoms with Gasteiger partial charge in [0.05, 0.1) is 40.5 Å². The molecule has 178 valence electrons. The fraction of sp³-hybridized carbons (Fsp3) is 0. The zero-order valence-corrected chi connectivity index (χ0v) is 20.5. The summed E-state index contributed by atoms with van der Waals surface area (Å²) in [4.78, 5) is 18.8. The van der Waals surface area contributed by atoms with Crippen LogP contribution in [0, 0.1) is 0 Å². The van der Waals surface area contributed by atoms with Crippen LogP contribution in [0.25, 0.3) is 66.7 Å². The topological polar surface area (TPSA) is 51.6 Å². The van der Waals surface area contributed by atoms with E-state index in [1.165, 1.54) is 0 Å². The van der Waals surface area contributed by atoms with Gasteiger partial charge in [0, 0.05) is 33.7 Å². The maximum absolute atomic E-state index is 4.97. The second kappa shape index (κ2) is 9.34. The summed E-state index contributed by atoms with van der Waals surface area (Å²) in [5.41, 5.74) is 10.0. The lowest BCUT2D eigenvalue weighted by Crippen LogP contribution is -1.90. The smallest absolute Gasteiger partial charge is 0.0972 e. The molecule has 0 spiro atoms. The van der Waals surface area contributed by atoms with Gasteiger partial charge in [-0.05, 0) is 23.3 Å². The molecular formula is C34H22N4. The fourth-order valence-electron chi connectivity index (χ4n) is 4.79. The summed E-state index contributed by atoms with van der Waals surface area (Å²) in [5.74, 6) is 0. The maximum atomic E-state index is 4.97. The Hall–Kier alpha value is -5.22. The summed E-state index contributed by atoms with van der Waals surface area (Å²) in [6.45, 7) is 0. The van der Waals surface area contributed by atoms with E-state index in [2.05, 4.69) is 93.8 Å².